The highest BCUT2D eigenvalue weighted by atomic mass is 35.5. The fraction of sp³-hybridized carbons (Fsp3) is 0.118. The Bertz CT molecular complexity index is 720. The van der Waals surface area contributed by atoms with Crippen LogP contribution in [0.25, 0.3) is 10.9 Å². The van der Waals surface area contributed by atoms with E-state index in [1.807, 2.05) is 42.6 Å². The molecule has 0 unspecified atom stereocenters. The zero-order valence-corrected chi connectivity index (χ0v) is 11.8. The Kier molecular flexibility index (Phi) is 3.84. The number of halogens is 1. The number of hydrogen-bond acceptors (Lipinski definition) is 2. The van der Waals surface area contributed by atoms with Gasteiger partial charge in [0.2, 0.25) is 0 Å². The number of aromatic nitrogens is 1. The molecular formula is C17H15ClN2. The molecule has 2 aromatic carbocycles. The summed E-state index contributed by atoms with van der Waals surface area (Å²) in [5.74, 6) is 0.548. The van der Waals surface area contributed by atoms with Crippen molar-refractivity contribution in [2.45, 2.75) is 12.4 Å². The normalized spacial score (nSPS) is 10.7. The second-order valence-electron chi connectivity index (χ2n) is 4.68. The lowest BCUT2D eigenvalue weighted by Gasteiger charge is -2.10. The zero-order chi connectivity index (χ0) is 13.8. The van der Waals surface area contributed by atoms with Gasteiger partial charge >= 0.3 is 0 Å². The SMILES string of the molecule is ClCc1cccc(CNc2ccnc3ccccc23)c1. The number of pyridine rings is 1. The third kappa shape index (κ3) is 2.75. The third-order valence-electron chi connectivity index (χ3n) is 3.28. The van der Waals surface area contributed by atoms with Crippen LogP contribution in [-0.4, -0.2) is 4.98 Å². The van der Waals surface area contributed by atoms with Crippen LogP contribution in [-0.2, 0) is 12.4 Å². The molecule has 0 aliphatic rings. The van der Waals surface area contributed by atoms with Gasteiger partial charge in [0.05, 0.1) is 5.52 Å². The van der Waals surface area contributed by atoms with Crippen molar-refractivity contribution in [3.05, 3.63) is 71.9 Å². The van der Waals surface area contributed by atoms with E-state index in [1.165, 1.54) is 5.56 Å². The molecular weight excluding hydrogens is 268 g/mol. The Hall–Kier alpha value is -2.06. The lowest BCUT2D eigenvalue weighted by Crippen LogP contribution is -2.00. The molecule has 2 nitrogen and oxygen atoms in total. The van der Waals surface area contributed by atoms with E-state index < -0.39 is 0 Å². The molecule has 1 N–H and O–H groups in total. The first-order chi connectivity index (χ1) is 9.86. The Morgan fingerprint density at radius 3 is 2.70 bits per heavy atom. The van der Waals surface area contributed by atoms with E-state index in [0.29, 0.717) is 5.88 Å². The van der Waals surface area contributed by atoms with E-state index in [-0.39, 0.29) is 0 Å². The second-order valence-corrected chi connectivity index (χ2v) is 4.95. The van der Waals surface area contributed by atoms with Crippen LogP contribution in [0.5, 0.6) is 0 Å². The summed E-state index contributed by atoms with van der Waals surface area (Å²) in [7, 11) is 0. The fourth-order valence-electron chi connectivity index (χ4n) is 2.27. The van der Waals surface area contributed by atoms with Crippen molar-refractivity contribution in [3.8, 4) is 0 Å². The standard InChI is InChI=1S/C17H15ClN2/c18-11-13-4-3-5-14(10-13)12-20-17-8-9-19-16-7-2-1-6-15(16)17/h1-10H,11-12H2,(H,19,20). The maximum atomic E-state index is 5.87. The van der Waals surface area contributed by atoms with Crippen LogP contribution in [0.2, 0.25) is 0 Å². The average Bonchev–Trinajstić information content (AvgIpc) is 2.53. The molecule has 3 aromatic rings. The Morgan fingerprint density at radius 2 is 1.80 bits per heavy atom. The van der Waals surface area contributed by atoms with Crippen LogP contribution in [0.3, 0.4) is 0 Å². The van der Waals surface area contributed by atoms with Crippen molar-refractivity contribution in [3.63, 3.8) is 0 Å². The number of benzene rings is 2. The first-order valence-electron chi connectivity index (χ1n) is 6.58. The Morgan fingerprint density at radius 1 is 0.950 bits per heavy atom. The monoisotopic (exact) mass is 282 g/mol. The van der Waals surface area contributed by atoms with Crippen molar-refractivity contribution >= 4 is 28.2 Å². The highest BCUT2D eigenvalue weighted by molar-refractivity contribution is 6.17. The summed E-state index contributed by atoms with van der Waals surface area (Å²) >= 11 is 5.87. The molecule has 0 amide bonds. The predicted molar refractivity (Wildman–Crippen MR) is 85.1 cm³/mol. The summed E-state index contributed by atoms with van der Waals surface area (Å²) in [6.45, 7) is 0.777. The van der Waals surface area contributed by atoms with E-state index >= 15 is 0 Å². The van der Waals surface area contributed by atoms with E-state index in [1.54, 1.807) is 0 Å². The van der Waals surface area contributed by atoms with E-state index in [0.717, 1.165) is 28.7 Å². The maximum Gasteiger partial charge on any atom is 0.0722 e. The van der Waals surface area contributed by atoms with Crippen molar-refractivity contribution in [2.75, 3.05) is 5.32 Å². The minimum Gasteiger partial charge on any atom is -0.380 e. The summed E-state index contributed by atoms with van der Waals surface area (Å²) < 4.78 is 0. The van der Waals surface area contributed by atoms with Crippen LogP contribution in [0.4, 0.5) is 5.69 Å². The van der Waals surface area contributed by atoms with Crippen LogP contribution < -0.4 is 5.32 Å². The number of nitrogens with zero attached hydrogens (tertiary/aromatic N) is 1. The first-order valence-corrected chi connectivity index (χ1v) is 7.11. The van der Waals surface area contributed by atoms with Gasteiger partial charge in [-0.05, 0) is 23.3 Å². The second kappa shape index (κ2) is 5.93. The molecule has 3 heteroatoms. The van der Waals surface area contributed by atoms with Gasteiger partial charge in [-0.25, -0.2) is 0 Å². The number of alkyl halides is 1. The Balaban J connectivity index is 1.83. The highest BCUT2D eigenvalue weighted by Crippen LogP contribution is 2.21. The summed E-state index contributed by atoms with van der Waals surface area (Å²) in [6, 6.07) is 18.5. The third-order valence-corrected chi connectivity index (χ3v) is 3.59. The van der Waals surface area contributed by atoms with Gasteiger partial charge in [-0.15, -0.1) is 11.6 Å². The molecule has 1 heterocycles. The maximum absolute atomic E-state index is 5.87. The van der Waals surface area contributed by atoms with E-state index in [4.69, 9.17) is 11.6 Å². The number of anilines is 1. The minimum atomic E-state index is 0.548. The average molecular weight is 283 g/mol. The first kappa shape index (κ1) is 12.9. The molecule has 0 atom stereocenters. The van der Waals surface area contributed by atoms with Gasteiger partial charge in [-0.1, -0.05) is 42.5 Å². The van der Waals surface area contributed by atoms with E-state index in [2.05, 4.69) is 28.5 Å². The van der Waals surface area contributed by atoms with Crippen molar-refractivity contribution < 1.29 is 0 Å². The van der Waals surface area contributed by atoms with Crippen LogP contribution in [0.15, 0.2) is 60.8 Å². The summed E-state index contributed by atoms with van der Waals surface area (Å²) in [6.07, 6.45) is 1.83. The topological polar surface area (TPSA) is 24.9 Å². The molecule has 0 aliphatic carbocycles. The zero-order valence-electron chi connectivity index (χ0n) is 11.0. The van der Waals surface area contributed by atoms with Gasteiger partial charge in [0, 0.05) is 29.7 Å². The molecule has 0 radical (unpaired) electrons. The van der Waals surface area contributed by atoms with Gasteiger partial charge in [0.25, 0.3) is 0 Å². The van der Waals surface area contributed by atoms with Crippen molar-refractivity contribution in [1.82, 2.24) is 4.98 Å². The Labute approximate surface area is 123 Å². The molecule has 0 bridgehead atoms. The molecule has 0 saturated heterocycles. The van der Waals surface area contributed by atoms with Gasteiger partial charge < -0.3 is 5.32 Å². The van der Waals surface area contributed by atoms with Crippen molar-refractivity contribution in [2.24, 2.45) is 0 Å². The summed E-state index contributed by atoms with van der Waals surface area (Å²) in [4.78, 5) is 4.37. The number of fused-ring (bicyclic) bond motifs is 1. The fourth-order valence-corrected chi connectivity index (χ4v) is 2.44. The predicted octanol–water partition coefficient (Wildman–Crippen LogP) is 4.59. The molecule has 100 valence electrons. The minimum absolute atomic E-state index is 0.548. The quantitative estimate of drug-likeness (QED) is 0.708. The molecule has 0 aliphatic heterocycles. The molecule has 0 fully saturated rings. The van der Waals surface area contributed by atoms with Gasteiger partial charge in [0.15, 0.2) is 0 Å². The number of rotatable bonds is 4. The molecule has 0 spiro atoms. The van der Waals surface area contributed by atoms with Crippen LogP contribution in [0, 0.1) is 0 Å². The number of nitrogens with one attached hydrogen (secondary N) is 1. The number of para-hydroxylation sites is 1. The summed E-state index contributed by atoms with van der Waals surface area (Å²) in [5.41, 5.74) is 4.48. The summed E-state index contributed by atoms with van der Waals surface area (Å²) in [5, 5.41) is 4.61. The molecule has 3 rings (SSSR count). The number of hydrogen-bond donors (Lipinski definition) is 1. The van der Waals surface area contributed by atoms with Gasteiger partial charge in [0.1, 0.15) is 0 Å². The molecule has 0 saturated carbocycles. The molecule has 1 aromatic heterocycles. The van der Waals surface area contributed by atoms with Crippen LogP contribution >= 0.6 is 11.6 Å². The van der Waals surface area contributed by atoms with Crippen LogP contribution in [0.1, 0.15) is 11.1 Å². The van der Waals surface area contributed by atoms with E-state index in [9.17, 15) is 0 Å². The lowest BCUT2D eigenvalue weighted by molar-refractivity contribution is 1.14. The largest absolute Gasteiger partial charge is 0.380 e. The molecule has 20 heavy (non-hydrogen) atoms. The van der Waals surface area contributed by atoms with Gasteiger partial charge in [-0.3, -0.25) is 4.98 Å². The smallest absolute Gasteiger partial charge is 0.0722 e. The van der Waals surface area contributed by atoms with Crippen molar-refractivity contribution in [1.29, 1.82) is 0 Å². The highest BCUT2D eigenvalue weighted by Gasteiger charge is 2.01. The van der Waals surface area contributed by atoms with Gasteiger partial charge in [-0.2, -0.15) is 0 Å². The lowest BCUT2D eigenvalue weighted by atomic mass is 10.1.